The summed E-state index contributed by atoms with van der Waals surface area (Å²) in [5.41, 5.74) is 0.174. The highest BCUT2D eigenvalue weighted by Crippen LogP contribution is 2.32. The van der Waals surface area contributed by atoms with E-state index in [2.05, 4.69) is 26.3 Å². The van der Waals surface area contributed by atoms with Crippen LogP contribution in [0, 0.1) is 5.82 Å². The Kier molecular flexibility index (Phi) is 5.80. The van der Waals surface area contributed by atoms with E-state index >= 15 is 0 Å². The van der Waals surface area contributed by atoms with E-state index in [1.54, 1.807) is 30.5 Å². The third-order valence-corrected chi connectivity index (χ3v) is 4.40. The summed E-state index contributed by atoms with van der Waals surface area (Å²) in [6.07, 6.45) is 1.55. The van der Waals surface area contributed by atoms with Crippen molar-refractivity contribution in [3.05, 3.63) is 74.7 Å². The van der Waals surface area contributed by atoms with Crippen molar-refractivity contribution in [3.63, 3.8) is 0 Å². The molecule has 5 nitrogen and oxygen atoms in total. The van der Waals surface area contributed by atoms with Gasteiger partial charge in [0.15, 0.2) is 18.2 Å². The van der Waals surface area contributed by atoms with E-state index in [-0.39, 0.29) is 18.1 Å². The summed E-state index contributed by atoms with van der Waals surface area (Å²) in [5.74, 6) is -0.765. The maximum absolute atomic E-state index is 13.8. The van der Waals surface area contributed by atoms with Gasteiger partial charge in [-0.15, -0.1) is 0 Å². The summed E-state index contributed by atoms with van der Waals surface area (Å²) in [7, 11) is 0. The average Bonchev–Trinajstić information content (AvgIpc) is 3.06. The molecule has 0 spiro atoms. The minimum absolute atomic E-state index is 0.00335. The molecule has 1 heterocycles. The second-order valence-electron chi connectivity index (χ2n) is 5.14. The minimum atomic E-state index is -0.552. The number of anilines is 1. The number of hydrogen-bond acceptors (Lipinski definition) is 3. The first-order valence-corrected chi connectivity index (χ1v) is 8.85. The first kappa shape index (κ1) is 18.7. The highest BCUT2D eigenvalue weighted by molar-refractivity contribution is 9.10. The molecule has 0 saturated carbocycles. The van der Waals surface area contributed by atoms with Crippen LogP contribution < -0.4 is 10.1 Å². The van der Waals surface area contributed by atoms with Crippen LogP contribution in [0.3, 0.4) is 0 Å². The van der Waals surface area contributed by atoms with Crippen molar-refractivity contribution in [3.8, 4) is 5.75 Å². The second-order valence-corrected chi connectivity index (χ2v) is 6.87. The first-order valence-electron chi connectivity index (χ1n) is 7.30. The fraction of sp³-hybridized carbons (Fsp3) is 0.0588. The van der Waals surface area contributed by atoms with Gasteiger partial charge in [-0.2, -0.15) is 5.10 Å². The molecule has 1 N–H and O–H groups in total. The number of ether oxygens (including phenoxy) is 1. The molecule has 26 heavy (non-hydrogen) atoms. The Bertz CT molecular complexity index is 945. The number of aromatic nitrogens is 2. The maximum atomic E-state index is 13.8. The quantitative estimate of drug-likeness (QED) is 0.558. The molecule has 0 aliphatic rings. The molecular weight excluding hydrogens is 448 g/mol. The molecule has 0 radical (unpaired) electrons. The molecule has 1 amide bonds. The van der Waals surface area contributed by atoms with Crippen molar-refractivity contribution in [2.45, 2.75) is 6.73 Å². The number of para-hydroxylation sites is 1. The third-order valence-electron chi connectivity index (χ3n) is 3.31. The third kappa shape index (κ3) is 4.35. The summed E-state index contributed by atoms with van der Waals surface area (Å²) >= 11 is 15.2. The number of amides is 1. The van der Waals surface area contributed by atoms with E-state index in [1.807, 2.05) is 0 Å². The zero-order valence-corrected chi connectivity index (χ0v) is 16.1. The molecule has 134 valence electrons. The topological polar surface area (TPSA) is 56.2 Å². The molecular formula is C17H11BrCl2FN3O2. The summed E-state index contributed by atoms with van der Waals surface area (Å²) in [4.78, 5) is 12.2. The number of rotatable bonds is 5. The van der Waals surface area contributed by atoms with Gasteiger partial charge in [-0.25, -0.2) is 9.07 Å². The van der Waals surface area contributed by atoms with Gasteiger partial charge in [0.05, 0.1) is 15.7 Å². The predicted octanol–water partition coefficient (Wildman–Crippen LogP) is 5.38. The molecule has 0 fully saturated rings. The number of carbonyl (C=O) groups excluding carboxylic acids is 1. The molecule has 0 aliphatic carbocycles. The lowest BCUT2D eigenvalue weighted by Gasteiger charge is -2.09. The van der Waals surface area contributed by atoms with Gasteiger partial charge in [0.25, 0.3) is 5.91 Å². The van der Waals surface area contributed by atoms with Gasteiger partial charge in [-0.1, -0.05) is 45.2 Å². The molecule has 1 aromatic heterocycles. The van der Waals surface area contributed by atoms with Crippen LogP contribution in [-0.4, -0.2) is 15.7 Å². The Labute approximate surface area is 166 Å². The van der Waals surface area contributed by atoms with E-state index in [0.29, 0.717) is 20.3 Å². The molecule has 0 unspecified atom stereocenters. The van der Waals surface area contributed by atoms with E-state index < -0.39 is 11.7 Å². The van der Waals surface area contributed by atoms with E-state index in [9.17, 15) is 9.18 Å². The smallest absolute Gasteiger partial charge is 0.276 e. The van der Waals surface area contributed by atoms with Crippen LogP contribution in [0.15, 0.2) is 53.1 Å². The Hall–Kier alpha value is -2.09. The van der Waals surface area contributed by atoms with Crippen LogP contribution in [0.2, 0.25) is 10.0 Å². The van der Waals surface area contributed by atoms with Gasteiger partial charge < -0.3 is 10.1 Å². The summed E-state index contributed by atoms with van der Waals surface area (Å²) in [6.45, 7) is 0.00335. The highest BCUT2D eigenvalue weighted by Gasteiger charge is 2.13. The van der Waals surface area contributed by atoms with Crippen LogP contribution in [0.4, 0.5) is 10.1 Å². The van der Waals surface area contributed by atoms with Gasteiger partial charge in [-0.05, 0) is 36.4 Å². The van der Waals surface area contributed by atoms with Gasteiger partial charge in [0, 0.05) is 10.7 Å². The van der Waals surface area contributed by atoms with Crippen molar-refractivity contribution < 1.29 is 13.9 Å². The Balaban J connectivity index is 1.66. The lowest BCUT2D eigenvalue weighted by molar-refractivity contribution is 0.101. The number of hydrogen-bond donors (Lipinski definition) is 1. The van der Waals surface area contributed by atoms with E-state index in [0.717, 1.165) is 0 Å². The van der Waals surface area contributed by atoms with Crippen LogP contribution in [0.1, 0.15) is 10.5 Å². The normalized spacial score (nSPS) is 10.6. The second kappa shape index (κ2) is 8.07. The molecule has 0 atom stereocenters. The zero-order chi connectivity index (χ0) is 18.7. The largest absolute Gasteiger partial charge is 0.468 e. The van der Waals surface area contributed by atoms with E-state index in [4.69, 9.17) is 27.9 Å². The van der Waals surface area contributed by atoms with Crippen LogP contribution in [0.25, 0.3) is 0 Å². The fourth-order valence-corrected chi connectivity index (χ4v) is 2.92. The van der Waals surface area contributed by atoms with Crippen molar-refractivity contribution in [1.82, 2.24) is 9.78 Å². The van der Waals surface area contributed by atoms with Crippen LogP contribution in [0.5, 0.6) is 5.75 Å². The van der Waals surface area contributed by atoms with Gasteiger partial charge in [0.1, 0.15) is 5.82 Å². The van der Waals surface area contributed by atoms with Crippen molar-refractivity contribution in [2.75, 3.05) is 5.32 Å². The first-order chi connectivity index (χ1) is 12.4. The summed E-state index contributed by atoms with van der Waals surface area (Å²) in [6, 6.07) is 10.8. The molecule has 2 aromatic carbocycles. The molecule has 0 bridgehead atoms. The molecule has 0 saturated heterocycles. The standard InChI is InChI=1S/C17H11BrCl2FN3O2/c18-10-4-5-14(13(21)8-10)22-17(25)15-6-7-24(23-15)9-26-16-11(19)2-1-3-12(16)20/h1-8H,9H2,(H,22,25). The molecule has 3 aromatic rings. The van der Waals surface area contributed by atoms with Crippen molar-refractivity contribution >= 4 is 50.7 Å². The number of benzene rings is 2. The molecule has 9 heteroatoms. The van der Waals surface area contributed by atoms with Crippen molar-refractivity contribution in [1.29, 1.82) is 0 Å². The molecule has 0 aliphatic heterocycles. The lowest BCUT2D eigenvalue weighted by atomic mass is 10.3. The SMILES string of the molecule is O=C(Nc1ccc(Br)cc1F)c1ccn(COc2c(Cl)cccc2Cl)n1. The summed E-state index contributed by atoms with van der Waals surface area (Å²) in [5, 5.41) is 7.29. The monoisotopic (exact) mass is 457 g/mol. The van der Waals surface area contributed by atoms with Gasteiger partial charge in [0.2, 0.25) is 0 Å². The zero-order valence-electron chi connectivity index (χ0n) is 13.0. The van der Waals surface area contributed by atoms with Crippen LogP contribution >= 0.6 is 39.1 Å². The number of carbonyl (C=O) groups is 1. The fourth-order valence-electron chi connectivity index (χ4n) is 2.08. The number of halogens is 4. The number of nitrogens with one attached hydrogen (secondary N) is 1. The Morgan fingerprint density at radius 3 is 2.65 bits per heavy atom. The lowest BCUT2D eigenvalue weighted by Crippen LogP contribution is -2.15. The van der Waals surface area contributed by atoms with Crippen LogP contribution in [-0.2, 0) is 6.73 Å². The summed E-state index contributed by atoms with van der Waals surface area (Å²) < 4.78 is 21.3. The highest BCUT2D eigenvalue weighted by atomic mass is 79.9. The van der Waals surface area contributed by atoms with Gasteiger partial charge >= 0.3 is 0 Å². The Morgan fingerprint density at radius 1 is 1.23 bits per heavy atom. The van der Waals surface area contributed by atoms with E-state index in [1.165, 1.54) is 22.9 Å². The number of nitrogens with zero attached hydrogens (tertiary/aromatic N) is 2. The van der Waals surface area contributed by atoms with Crippen molar-refractivity contribution in [2.24, 2.45) is 0 Å². The van der Waals surface area contributed by atoms with Gasteiger partial charge in [-0.3, -0.25) is 4.79 Å². The Morgan fingerprint density at radius 2 is 1.96 bits per heavy atom. The predicted molar refractivity (Wildman–Crippen MR) is 101 cm³/mol. The maximum Gasteiger partial charge on any atom is 0.276 e. The molecule has 3 rings (SSSR count). The minimum Gasteiger partial charge on any atom is -0.468 e. The average molecular weight is 459 g/mol.